The fourth-order valence-corrected chi connectivity index (χ4v) is 2.08. The second-order valence-electron chi connectivity index (χ2n) is 3.82. The van der Waals surface area contributed by atoms with Crippen LogP contribution in [0.1, 0.15) is 22.3 Å². The van der Waals surface area contributed by atoms with Crippen LogP contribution in [0.3, 0.4) is 0 Å². The zero-order valence-electron chi connectivity index (χ0n) is 10.3. The number of hydrogen-bond acceptors (Lipinski definition) is 2. The predicted octanol–water partition coefficient (Wildman–Crippen LogP) is 3.29. The molecule has 1 aromatic rings. The monoisotopic (exact) mass is 377 g/mol. The number of amides is 1. The van der Waals surface area contributed by atoms with Crippen molar-refractivity contribution in [3.63, 3.8) is 0 Å². The van der Waals surface area contributed by atoms with Crippen LogP contribution >= 0.6 is 31.9 Å². The third kappa shape index (κ3) is 5.08. The molecule has 0 heterocycles. The number of ether oxygens (including phenoxy) is 1. The van der Waals surface area contributed by atoms with Gasteiger partial charge in [-0.15, -0.1) is 0 Å². The van der Waals surface area contributed by atoms with Crippen molar-refractivity contribution in [2.24, 2.45) is 0 Å². The van der Waals surface area contributed by atoms with Gasteiger partial charge in [0.15, 0.2) is 0 Å². The number of alkyl halides is 1. The Bertz CT molecular complexity index is 397. The summed E-state index contributed by atoms with van der Waals surface area (Å²) in [5.41, 5.74) is 1.68. The van der Waals surface area contributed by atoms with Crippen LogP contribution in [0.2, 0.25) is 0 Å². The first kappa shape index (κ1) is 15.7. The van der Waals surface area contributed by atoms with Crippen molar-refractivity contribution < 1.29 is 9.53 Å². The molecule has 0 saturated heterocycles. The molecule has 1 rings (SSSR count). The highest BCUT2D eigenvalue weighted by Crippen LogP contribution is 2.19. The van der Waals surface area contributed by atoms with E-state index >= 15 is 0 Å². The number of benzene rings is 1. The molecule has 0 aliphatic heterocycles. The molecule has 0 saturated carbocycles. The van der Waals surface area contributed by atoms with E-state index in [2.05, 4.69) is 37.2 Å². The van der Waals surface area contributed by atoms with E-state index in [9.17, 15) is 4.79 Å². The Labute approximate surface area is 125 Å². The van der Waals surface area contributed by atoms with Gasteiger partial charge in [-0.2, -0.15) is 0 Å². The molecule has 1 amide bonds. The van der Waals surface area contributed by atoms with E-state index in [1.807, 2.05) is 25.1 Å². The number of halogens is 2. The topological polar surface area (TPSA) is 38.3 Å². The van der Waals surface area contributed by atoms with Gasteiger partial charge in [-0.25, -0.2) is 0 Å². The lowest BCUT2D eigenvalue weighted by molar-refractivity contribution is 0.0944. The smallest absolute Gasteiger partial charge is 0.251 e. The molecule has 0 unspecified atom stereocenters. The van der Waals surface area contributed by atoms with E-state index in [1.54, 1.807) is 0 Å². The van der Waals surface area contributed by atoms with Gasteiger partial charge in [-0.3, -0.25) is 4.79 Å². The molecule has 100 valence electrons. The van der Waals surface area contributed by atoms with Gasteiger partial charge in [-0.1, -0.05) is 37.9 Å². The Morgan fingerprint density at radius 1 is 1.39 bits per heavy atom. The summed E-state index contributed by atoms with van der Waals surface area (Å²) in [6.45, 7) is 3.94. The summed E-state index contributed by atoms with van der Waals surface area (Å²) in [5.74, 6) is -0.0331. The van der Waals surface area contributed by atoms with Gasteiger partial charge >= 0.3 is 0 Å². The van der Waals surface area contributed by atoms with E-state index in [0.717, 1.165) is 21.8 Å². The van der Waals surface area contributed by atoms with Crippen LogP contribution in [0.15, 0.2) is 22.7 Å². The maximum Gasteiger partial charge on any atom is 0.251 e. The first-order valence-corrected chi connectivity index (χ1v) is 7.75. The van der Waals surface area contributed by atoms with Gasteiger partial charge < -0.3 is 10.1 Å². The van der Waals surface area contributed by atoms with Crippen LogP contribution in [-0.4, -0.2) is 31.0 Å². The quantitative estimate of drug-likeness (QED) is 0.584. The second-order valence-corrected chi connectivity index (χ2v) is 5.47. The SMILES string of the molecule is Cc1c(Br)cccc1C(=O)NCCCOCCBr. The van der Waals surface area contributed by atoms with Gasteiger partial charge in [0.2, 0.25) is 0 Å². The van der Waals surface area contributed by atoms with Crippen molar-refractivity contribution >= 4 is 37.8 Å². The lowest BCUT2D eigenvalue weighted by atomic mass is 10.1. The van der Waals surface area contributed by atoms with Crippen molar-refractivity contribution in [3.05, 3.63) is 33.8 Å². The highest BCUT2D eigenvalue weighted by Gasteiger charge is 2.09. The molecule has 0 spiro atoms. The van der Waals surface area contributed by atoms with Crippen molar-refractivity contribution in [1.29, 1.82) is 0 Å². The van der Waals surface area contributed by atoms with Crippen LogP contribution in [0.5, 0.6) is 0 Å². The molecule has 1 N–H and O–H groups in total. The van der Waals surface area contributed by atoms with Gasteiger partial charge in [-0.05, 0) is 31.0 Å². The minimum absolute atomic E-state index is 0.0331. The van der Waals surface area contributed by atoms with Crippen LogP contribution in [0.25, 0.3) is 0 Å². The molecular weight excluding hydrogens is 362 g/mol. The summed E-state index contributed by atoms with van der Waals surface area (Å²) in [4.78, 5) is 11.9. The van der Waals surface area contributed by atoms with Crippen LogP contribution < -0.4 is 5.32 Å². The standard InChI is InChI=1S/C13H17Br2NO2/c1-10-11(4-2-5-12(10)15)13(17)16-7-3-8-18-9-6-14/h2,4-5H,3,6-9H2,1H3,(H,16,17). The molecule has 0 aliphatic rings. The fraction of sp³-hybridized carbons (Fsp3) is 0.462. The zero-order valence-corrected chi connectivity index (χ0v) is 13.5. The molecule has 0 fully saturated rings. The van der Waals surface area contributed by atoms with E-state index in [0.29, 0.717) is 25.3 Å². The third-order valence-corrected chi connectivity index (χ3v) is 3.67. The van der Waals surface area contributed by atoms with Crippen molar-refractivity contribution in [3.8, 4) is 0 Å². The average Bonchev–Trinajstić information content (AvgIpc) is 2.36. The van der Waals surface area contributed by atoms with Crippen LogP contribution in [0, 0.1) is 6.92 Å². The maximum atomic E-state index is 11.9. The summed E-state index contributed by atoms with van der Waals surface area (Å²) < 4.78 is 6.26. The number of carbonyl (C=O) groups excluding carboxylic acids is 1. The summed E-state index contributed by atoms with van der Waals surface area (Å²) in [6.07, 6.45) is 0.825. The Morgan fingerprint density at radius 3 is 2.89 bits per heavy atom. The Balaban J connectivity index is 2.35. The minimum atomic E-state index is -0.0331. The molecular formula is C13H17Br2NO2. The van der Waals surface area contributed by atoms with Crippen LogP contribution in [-0.2, 0) is 4.74 Å². The molecule has 0 bridgehead atoms. The van der Waals surface area contributed by atoms with Gasteiger partial charge in [0.05, 0.1) is 6.61 Å². The number of carbonyl (C=O) groups is 1. The van der Waals surface area contributed by atoms with E-state index in [4.69, 9.17) is 4.74 Å². The summed E-state index contributed by atoms with van der Waals surface area (Å²) >= 11 is 6.71. The largest absolute Gasteiger partial charge is 0.381 e. The minimum Gasteiger partial charge on any atom is -0.381 e. The van der Waals surface area contributed by atoms with Crippen molar-refractivity contribution in [1.82, 2.24) is 5.32 Å². The Morgan fingerprint density at radius 2 is 2.17 bits per heavy atom. The molecule has 0 atom stereocenters. The van der Waals surface area contributed by atoms with Crippen LogP contribution in [0.4, 0.5) is 0 Å². The molecule has 5 heteroatoms. The molecule has 1 aromatic carbocycles. The third-order valence-electron chi connectivity index (χ3n) is 2.48. The molecule has 0 aromatic heterocycles. The maximum absolute atomic E-state index is 11.9. The molecule has 18 heavy (non-hydrogen) atoms. The van der Waals surface area contributed by atoms with E-state index < -0.39 is 0 Å². The molecule has 0 radical (unpaired) electrons. The number of hydrogen-bond donors (Lipinski definition) is 1. The first-order valence-electron chi connectivity index (χ1n) is 5.84. The Hall–Kier alpha value is -0.390. The predicted molar refractivity (Wildman–Crippen MR) is 80.4 cm³/mol. The van der Waals surface area contributed by atoms with Gasteiger partial charge in [0.1, 0.15) is 0 Å². The van der Waals surface area contributed by atoms with Crippen molar-refractivity contribution in [2.45, 2.75) is 13.3 Å². The van der Waals surface area contributed by atoms with Gasteiger partial charge in [0, 0.05) is 28.5 Å². The van der Waals surface area contributed by atoms with E-state index in [-0.39, 0.29) is 5.91 Å². The zero-order chi connectivity index (χ0) is 13.4. The van der Waals surface area contributed by atoms with E-state index in [1.165, 1.54) is 0 Å². The number of nitrogens with one attached hydrogen (secondary N) is 1. The highest BCUT2D eigenvalue weighted by molar-refractivity contribution is 9.10. The first-order chi connectivity index (χ1) is 8.66. The Kier molecular flexibility index (Phi) is 7.54. The summed E-state index contributed by atoms with van der Waals surface area (Å²) in [6, 6.07) is 5.63. The lowest BCUT2D eigenvalue weighted by Gasteiger charge is -2.08. The number of rotatable bonds is 7. The molecule has 0 aliphatic carbocycles. The summed E-state index contributed by atoms with van der Waals surface area (Å²) in [5, 5.41) is 3.74. The second kappa shape index (κ2) is 8.67. The van der Waals surface area contributed by atoms with Crippen molar-refractivity contribution in [2.75, 3.05) is 25.1 Å². The fourth-order valence-electron chi connectivity index (χ4n) is 1.48. The summed E-state index contributed by atoms with van der Waals surface area (Å²) in [7, 11) is 0. The highest BCUT2D eigenvalue weighted by atomic mass is 79.9. The molecule has 3 nitrogen and oxygen atoms in total. The average molecular weight is 379 g/mol. The normalized spacial score (nSPS) is 10.4. The lowest BCUT2D eigenvalue weighted by Crippen LogP contribution is -2.26. The van der Waals surface area contributed by atoms with Gasteiger partial charge in [0.25, 0.3) is 5.91 Å².